The van der Waals surface area contributed by atoms with Gasteiger partial charge in [0.15, 0.2) is 0 Å². The predicted octanol–water partition coefficient (Wildman–Crippen LogP) is 8.43. The smallest absolute Gasteiger partial charge is 0.125 e. The lowest BCUT2D eigenvalue weighted by Crippen LogP contribution is -2.34. The Bertz CT molecular complexity index is 1850. The number of phenols is 2. The Morgan fingerprint density at radius 2 is 0.865 bits per heavy atom. The first-order chi connectivity index (χ1) is 25.4. The number of hydrogen-bond acceptors (Lipinski definition) is 8. The summed E-state index contributed by atoms with van der Waals surface area (Å²) in [7, 11) is 0. The molecule has 8 heteroatoms. The van der Waals surface area contributed by atoms with Crippen molar-refractivity contribution in [1.29, 1.82) is 0 Å². The van der Waals surface area contributed by atoms with Gasteiger partial charge in [-0.15, -0.1) is 0 Å². The fourth-order valence-corrected chi connectivity index (χ4v) is 6.52. The summed E-state index contributed by atoms with van der Waals surface area (Å²) in [5, 5.41) is 30.0. The van der Waals surface area contributed by atoms with Gasteiger partial charge in [0.1, 0.15) is 11.5 Å². The number of hydrogen-bond donors (Lipinski definition) is 4. The van der Waals surface area contributed by atoms with Crippen LogP contribution in [0, 0.1) is 13.8 Å². The molecule has 0 saturated heterocycles. The Hall–Kier alpha value is -5.70. The molecule has 0 amide bonds. The van der Waals surface area contributed by atoms with Gasteiger partial charge in [0.05, 0.1) is 11.4 Å². The Morgan fingerprint density at radius 1 is 0.481 bits per heavy atom. The van der Waals surface area contributed by atoms with Crippen LogP contribution >= 0.6 is 0 Å². The van der Waals surface area contributed by atoms with Gasteiger partial charge in [-0.2, -0.15) is 0 Å². The summed E-state index contributed by atoms with van der Waals surface area (Å²) in [6.07, 6.45) is 3.65. The highest BCUT2D eigenvalue weighted by molar-refractivity contribution is 5.49. The number of para-hydroxylation sites is 2. The van der Waals surface area contributed by atoms with Gasteiger partial charge in [-0.3, -0.25) is 19.8 Å². The number of nitrogens with one attached hydrogen (secondary N) is 2. The van der Waals surface area contributed by atoms with Crippen molar-refractivity contribution in [2.24, 2.45) is 0 Å². The van der Waals surface area contributed by atoms with Gasteiger partial charge in [0.25, 0.3) is 0 Å². The van der Waals surface area contributed by atoms with Gasteiger partial charge < -0.3 is 20.8 Å². The number of pyridine rings is 2. The molecular weight excluding hydrogens is 645 g/mol. The molecule has 0 bridgehead atoms. The van der Waals surface area contributed by atoms with Crippen LogP contribution in [0.1, 0.15) is 44.8 Å². The zero-order valence-corrected chi connectivity index (χ0v) is 30.0. The van der Waals surface area contributed by atoms with E-state index >= 15 is 0 Å². The summed E-state index contributed by atoms with van der Waals surface area (Å²) in [6, 6.07) is 40.3. The van der Waals surface area contributed by atoms with Crippen LogP contribution in [0.15, 0.2) is 134 Å². The van der Waals surface area contributed by atoms with Gasteiger partial charge in [-0.1, -0.05) is 83.9 Å². The lowest BCUT2D eigenvalue weighted by molar-refractivity contribution is 0.178. The summed E-state index contributed by atoms with van der Waals surface area (Å²) in [4.78, 5) is 13.9. The standard InChI is InChI=1S/C44H48N6O2/c1-33-23-35(27-47-39-13-5-3-6-14-39)43(51)37(25-33)29-49(31-41-17-9-11-19-45-41)21-22-50(32-42-18-10-12-20-46-42)30-38-26-34(2)24-36(44(38)52)28-48-40-15-7-4-8-16-40/h3-20,23-26,47-48,51-52H,21-22,27-32H2,1-2H3. The molecule has 0 aliphatic heterocycles. The monoisotopic (exact) mass is 692 g/mol. The molecule has 0 spiro atoms. The molecule has 0 aliphatic carbocycles. The summed E-state index contributed by atoms with van der Waals surface area (Å²) in [5.41, 5.74) is 9.62. The Labute approximate surface area is 307 Å². The van der Waals surface area contributed by atoms with Crippen LogP contribution in [0.4, 0.5) is 11.4 Å². The van der Waals surface area contributed by atoms with E-state index in [4.69, 9.17) is 0 Å². The Kier molecular flexibility index (Phi) is 12.5. The van der Waals surface area contributed by atoms with E-state index < -0.39 is 0 Å². The van der Waals surface area contributed by atoms with Gasteiger partial charge in [-0.05, 0) is 62.4 Å². The van der Waals surface area contributed by atoms with Crippen molar-refractivity contribution in [3.63, 3.8) is 0 Å². The van der Waals surface area contributed by atoms with Crippen LogP contribution in [0.5, 0.6) is 11.5 Å². The first-order valence-electron chi connectivity index (χ1n) is 17.8. The third kappa shape index (κ3) is 10.4. The molecule has 6 rings (SSSR count). The maximum atomic E-state index is 11.5. The molecule has 4 N–H and O–H groups in total. The number of anilines is 2. The molecule has 266 valence electrons. The van der Waals surface area contributed by atoms with Crippen molar-refractivity contribution < 1.29 is 10.2 Å². The molecule has 4 aromatic carbocycles. The molecule has 2 aromatic heterocycles. The van der Waals surface area contributed by atoms with E-state index in [9.17, 15) is 10.2 Å². The topological polar surface area (TPSA) is 96.8 Å². The second kappa shape index (κ2) is 18.0. The number of aryl methyl sites for hydroxylation is 2. The molecule has 2 heterocycles. The van der Waals surface area contributed by atoms with Crippen LogP contribution in [-0.4, -0.2) is 43.1 Å². The molecular formula is C44H48N6O2. The number of rotatable bonds is 17. The minimum Gasteiger partial charge on any atom is -0.507 e. The Balaban J connectivity index is 1.23. The fourth-order valence-electron chi connectivity index (χ4n) is 6.52. The minimum atomic E-state index is 0.312. The van der Waals surface area contributed by atoms with Crippen LogP contribution < -0.4 is 10.6 Å². The zero-order valence-electron chi connectivity index (χ0n) is 30.0. The second-order valence-corrected chi connectivity index (χ2v) is 13.4. The van der Waals surface area contributed by atoms with E-state index in [1.165, 1.54) is 0 Å². The molecule has 0 saturated carbocycles. The number of nitrogens with zero attached hydrogens (tertiary/aromatic N) is 4. The molecule has 6 aromatic rings. The van der Waals surface area contributed by atoms with Gasteiger partial charge in [0, 0.05) is 98.4 Å². The zero-order chi connectivity index (χ0) is 36.1. The van der Waals surface area contributed by atoms with Crippen molar-refractivity contribution >= 4 is 11.4 Å². The third-order valence-electron chi connectivity index (χ3n) is 9.08. The number of phenolic OH excluding ortho intramolecular Hbond substituents is 2. The molecule has 52 heavy (non-hydrogen) atoms. The molecule has 0 atom stereocenters. The lowest BCUT2D eigenvalue weighted by Gasteiger charge is -2.29. The highest BCUT2D eigenvalue weighted by atomic mass is 16.3. The summed E-state index contributed by atoms with van der Waals surface area (Å²) in [6.45, 7) is 8.91. The quantitative estimate of drug-likeness (QED) is 0.0757. The van der Waals surface area contributed by atoms with Gasteiger partial charge in [0.2, 0.25) is 0 Å². The summed E-state index contributed by atoms with van der Waals surface area (Å²) < 4.78 is 0. The highest BCUT2D eigenvalue weighted by Crippen LogP contribution is 2.29. The maximum absolute atomic E-state index is 11.5. The molecule has 0 radical (unpaired) electrons. The SMILES string of the molecule is Cc1cc(CNc2ccccc2)c(O)c(CN(CCN(Cc2ccccn2)Cc2cc(C)cc(CNc3ccccc3)c2O)Cc2ccccn2)c1. The van der Waals surface area contributed by atoms with Crippen LogP contribution in [-0.2, 0) is 39.3 Å². The molecule has 0 unspecified atom stereocenters. The van der Waals surface area contributed by atoms with E-state index in [2.05, 4.69) is 56.4 Å². The van der Waals surface area contributed by atoms with E-state index in [-0.39, 0.29) is 0 Å². The van der Waals surface area contributed by atoms with E-state index in [1.807, 2.05) is 122 Å². The largest absolute Gasteiger partial charge is 0.507 e. The van der Waals surface area contributed by atoms with Gasteiger partial charge >= 0.3 is 0 Å². The van der Waals surface area contributed by atoms with E-state index in [1.54, 1.807) is 0 Å². The first-order valence-corrected chi connectivity index (χ1v) is 17.8. The van der Waals surface area contributed by atoms with Crippen molar-refractivity contribution in [2.45, 2.75) is 53.1 Å². The van der Waals surface area contributed by atoms with Crippen molar-refractivity contribution in [3.05, 3.63) is 178 Å². The van der Waals surface area contributed by atoms with E-state index in [0.29, 0.717) is 63.9 Å². The first kappa shape index (κ1) is 36.1. The second-order valence-electron chi connectivity index (χ2n) is 13.4. The minimum absolute atomic E-state index is 0.312. The van der Waals surface area contributed by atoms with Crippen molar-refractivity contribution in [1.82, 2.24) is 19.8 Å². The predicted molar refractivity (Wildman–Crippen MR) is 210 cm³/mol. The van der Waals surface area contributed by atoms with Crippen LogP contribution in [0.25, 0.3) is 0 Å². The van der Waals surface area contributed by atoms with Crippen LogP contribution in [0.2, 0.25) is 0 Å². The molecule has 0 fully saturated rings. The van der Waals surface area contributed by atoms with Crippen molar-refractivity contribution in [3.8, 4) is 11.5 Å². The molecule has 8 nitrogen and oxygen atoms in total. The average Bonchev–Trinajstić information content (AvgIpc) is 3.16. The Morgan fingerprint density at radius 3 is 1.25 bits per heavy atom. The summed E-state index contributed by atoms with van der Waals surface area (Å²) in [5.74, 6) is 0.624. The molecule has 0 aliphatic rings. The van der Waals surface area contributed by atoms with Crippen LogP contribution in [0.3, 0.4) is 0 Å². The average molecular weight is 693 g/mol. The van der Waals surface area contributed by atoms with Crippen molar-refractivity contribution in [2.75, 3.05) is 23.7 Å². The lowest BCUT2D eigenvalue weighted by atomic mass is 10.0. The number of benzene rings is 4. The summed E-state index contributed by atoms with van der Waals surface area (Å²) >= 11 is 0. The normalized spacial score (nSPS) is 11.2. The fraction of sp³-hybridized carbons (Fsp3) is 0.227. The number of aromatic nitrogens is 2. The van der Waals surface area contributed by atoms with Gasteiger partial charge in [-0.25, -0.2) is 0 Å². The van der Waals surface area contributed by atoms with E-state index in [0.717, 1.165) is 56.1 Å². The number of aromatic hydroxyl groups is 2. The highest BCUT2D eigenvalue weighted by Gasteiger charge is 2.18. The maximum Gasteiger partial charge on any atom is 0.125 e. The third-order valence-corrected chi connectivity index (χ3v) is 9.08.